The third kappa shape index (κ3) is 4.39. The van der Waals surface area contributed by atoms with Gasteiger partial charge in [-0.2, -0.15) is 13.2 Å². The lowest BCUT2D eigenvalue weighted by Gasteiger charge is -2.10. The molecule has 7 heteroatoms. The van der Waals surface area contributed by atoms with Crippen LogP contribution < -0.4 is 5.32 Å². The highest BCUT2D eigenvalue weighted by Gasteiger charge is 2.30. The Morgan fingerprint density at radius 3 is 2.45 bits per heavy atom. The molecule has 0 saturated carbocycles. The van der Waals surface area contributed by atoms with Crippen molar-refractivity contribution in [2.75, 3.05) is 5.32 Å². The van der Waals surface area contributed by atoms with E-state index in [2.05, 4.69) is 5.32 Å². The summed E-state index contributed by atoms with van der Waals surface area (Å²) >= 11 is 11.7. The first kappa shape index (κ1) is 16.6. The number of benzene rings is 2. The fraction of sp³-hybridized carbons (Fsp3) is 0.133. The van der Waals surface area contributed by atoms with Crippen LogP contribution in [0.4, 0.5) is 18.9 Å². The van der Waals surface area contributed by atoms with Crippen molar-refractivity contribution in [3.63, 3.8) is 0 Å². The second kappa shape index (κ2) is 6.58. The van der Waals surface area contributed by atoms with Gasteiger partial charge in [0, 0.05) is 5.02 Å². The molecule has 0 aliphatic carbocycles. The summed E-state index contributed by atoms with van der Waals surface area (Å²) in [6, 6.07) is 9.16. The van der Waals surface area contributed by atoms with Gasteiger partial charge in [-0.1, -0.05) is 41.4 Å². The Labute approximate surface area is 134 Å². The van der Waals surface area contributed by atoms with Gasteiger partial charge in [0.1, 0.15) is 0 Å². The number of rotatable bonds is 3. The fourth-order valence-electron chi connectivity index (χ4n) is 1.83. The number of hydrogen-bond donors (Lipinski definition) is 1. The van der Waals surface area contributed by atoms with E-state index in [1.54, 1.807) is 6.07 Å². The molecule has 0 fully saturated rings. The van der Waals surface area contributed by atoms with Gasteiger partial charge in [-0.3, -0.25) is 4.79 Å². The lowest BCUT2D eigenvalue weighted by Crippen LogP contribution is -2.15. The molecule has 0 radical (unpaired) electrons. The molecule has 2 nitrogen and oxygen atoms in total. The van der Waals surface area contributed by atoms with E-state index in [0.29, 0.717) is 10.7 Å². The van der Waals surface area contributed by atoms with Crippen LogP contribution in [-0.4, -0.2) is 5.91 Å². The van der Waals surface area contributed by atoms with Gasteiger partial charge < -0.3 is 5.32 Å². The average molecular weight is 348 g/mol. The van der Waals surface area contributed by atoms with Gasteiger partial charge >= 0.3 is 6.18 Å². The highest BCUT2D eigenvalue weighted by Crippen LogP contribution is 2.30. The number of alkyl halides is 3. The Morgan fingerprint density at radius 1 is 1.09 bits per heavy atom. The molecule has 0 bridgehead atoms. The van der Waals surface area contributed by atoms with E-state index in [0.717, 1.165) is 12.1 Å². The molecule has 0 atom stereocenters. The molecule has 0 heterocycles. The van der Waals surface area contributed by atoms with Gasteiger partial charge in [0.05, 0.1) is 22.7 Å². The van der Waals surface area contributed by atoms with Crippen LogP contribution in [0.3, 0.4) is 0 Å². The molecule has 22 heavy (non-hydrogen) atoms. The first-order valence-corrected chi connectivity index (χ1v) is 6.92. The summed E-state index contributed by atoms with van der Waals surface area (Å²) in [6.07, 6.45) is -4.63. The molecule has 2 aromatic rings. The van der Waals surface area contributed by atoms with E-state index in [-0.39, 0.29) is 17.0 Å². The normalized spacial score (nSPS) is 11.3. The lowest BCUT2D eigenvalue weighted by atomic mass is 10.1. The molecular weight excluding hydrogens is 338 g/mol. The second-order valence-electron chi connectivity index (χ2n) is 4.55. The molecule has 2 rings (SSSR count). The van der Waals surface area contributed by atoms with Crippen molar-refractivity contribution in [2.24, 2.45) is 0 Å². The lowest BCUT2D eigenvalue weighted by molar-refractivity contribution is -0.137. The molecule has 1 N–H and O–H groups in total. The molecule has 2 aromatic carbocycles. The molecule has 1 amide bonds. The van der Waals surface area contributed by atoms with Crippen molar-refractivity contribution in [2.45, 2.75) is 12.6 Å². The summed E-state index contributed by atoms with van der Waals surface area (Å²) in [5.74, 6) is -0.469. The molecule has 0 spiro atoms. The van der Waals surface area contributed by atoms with Gasteiger partial charge in [0.2, 0.25) is 5.91 Å². The molecule has 116 valence electrons. The van der Waals surface area contributed by atoms with E-state index in [9.17, 15) is 18.0 Å². The zero-order chi connectivity index (χ0) is 16.3. The Kier molecular flexibility index (Phi) is 4.98. The summed E-state index contributed by atoms with van der Waals surface area (Å²) in [5.41, 5.74) is -0.178. The molecule has 0 aliphatic heterocycles. The van der Waals surface area contributed by atoms with Gasteiger partial charge in [-0.25, -0.2) is 0 Å². The highest BCUT2D eigenvalue weighted by atomic mass is 35.5. The second-order valence-corrected chi connectivity index (χ2v) is 5.39. The smallest absolute Gasteiger partial charge is 0.324 e. The fourth-order valence-corrected chi connectivity index (χ4v) is 2.28. The Hall–Kier alpha value is -1.72. The van der Waals surface area contributed by atoms with Crippen LogP contribution in [0.5, 0.6) is 0 Å². The van der Waals surface area contributed by atoms with Gasteiger partial charge in [-0.05, 0) is 29.8 Å². The summed E-state index contributed by atoms with van der Waals surface area (Å²) in [7, 11) is 0. The van der Waals surface area contributed by atoms with Crippen LogP contribution >= 0.6 is 23.2 Å². The summed E-state index contributed by atoms with van der Waals surface area (Å²) in [4.78, 5) is 11.9. The van der Waals surface area contributed by atoms with Crippen LogP contribution in [0.15, 0.2) is 42.5 Å². The Bertz CT molecular complexity index is 701. The molecule has 0 aliphatic rings. The minimum atomic E-state index is -4.44. The van der Waals surface area contributed by atoms with E-state index >= 15 is 0 Å². The summed E-state index contributed by atoms with van der Waals surface area (Å²) in [6.45, 7) is 0. The predicted molar refractivity (Wildman–Crippen MR) is 80.2 cm³/mol. The van der Waals surface area contributed by atoms with E-state index < -0.39 is 17.6 Å². The molecule has 0 aromatic heterocycles. The van der Waals surface area contributed by atoms with Crippen molar-refractivity contribution in [3.8, 4) is 0 Å². The van der Waals surface area contributed by atoms with Gasteiger partial charge in [0.25, 0.3) is 0 Å². The van der Waals surface area contributed by atoms with Gasteiger partial charge in [0.15, 0.2) is 0 Å². The highest BCUT2D eigenvalue weighted by molar-refractivity contribution is 6.36. The van der Waals surface area contributed by atoms with Gasteiger partial charge in [-0.15, -0.1) is 0 Å². The maximum atomic E-state index is 12.6. The van der Waals surface area contributed by atoms with Crippen molar-refractivity contribution in [1.29, 1.82) is 0 Å². The Balaban J connectivity index is 2.09. The first-order valence-electron chi connectivity index (χ1n) is 6.17. The number of carbonyl (C=O) groups is 1. The quantitative estimate of drug-likeness (QED) is 0.812. The van der Waals surface area contributed by atoms with Crippen molar-refractivity contribution < 1.29 is 18.0 Å². The number of halogens is 5. The third-order valence-corrected chi connectivity index (χ3v) is 3.37. The molecule has 0 unspecified atom stereocenters. The monoisotopic (exact) mass is 347 g/mol. The van der Waals surface area contributed by atoms with Crippen LogP contribution in [0.25, 0.3) is 0 Å². The van der Waals surface area contributed by atoms with E-state index in [1.807, 2.05) is 0 Å². The number of amides is 1. The number of carbonyl (C=O) groups excluding carboxylic acids is 1. The Morgan fingerprint density at radius 2 is 1.82 bits per heavy atom. The summed E-state index contributed by atoms with van der Waals surface area (Å²) < 4.78 is 37.8. The topological polar surface area (TPSA) is 29.1 Å². The first-order chi connectivity index (χ1) is 10.3. The zero-order valence-corrected chi connectivity index (χ0v) is 12.6. The van der Waals surface area contributed by atoms with Crippen LogP contribution in [0, 0.1) is 0 Å². The van der Waals surface area contributed by atoms with Crippen molar-refractivity contribution in [3.05, 3.63) is 63.6 Å². The van der Waals surface area contributed by atoms with Crippen LogP contribution in [0.2, 0.25) is 10.0 Å². The minimum absolute atomic E-state index is 0.192. The molecular formula is C15H10Cl2F3NO. The standard InChI is InChI=1S/C15H10Cl2F3NO/c16-11-4-5-13(12(17)8-11)21-14(22)7-9-2-1-3-10(6-9)15(18,19)20/h1-6,8H,7H2,(H,21,22). The zero-order valence-electron chi connectivity index (χ0n) is 11.0. The minimum Gasteiger partial charge on any atom is -0.324 e. The number of nitrogens with one attached hydrogen (secondary N) is 1. The van der Waals surface area contributed by atoms with E-state index in [1.165, 1.54) is 24.3 Å². The largest absolute Gasteiger partial charge is 0.416 e. The maximum Gasteiger partial charge on any atom is 0.416 e. The van der Waals surface area contributed by atoms with E-state index in [4.69, 9.17) is 23.2 Å². The van der Waals surface area contributed by atoms with Crippen LogP contribution in [0.1, 0.15) is 11.1 Å². The number of anilines is 1. The number of hydrogen-bond acceptors (Lipinski definition) is 1. The predicted octanol–water partition coefficient (Wildman–Crippen LogP) is 5.19. The maximum absolute atomic E-state index is 12.6. The van der Waals surface area contributed by atoms with Crippen LogP contribution in [-0.2, 0) is 17.4 Å². The SMILES string of the molecule is O=C(Cc1cccc(C(F)(F)F)c1)Nc1ccc(Cl)cc1Cl. The average Bonchev–Trinajstić information content (AvgIpc) is 2.41. The summed E-state index contributed by atoms with van der Waals surface area (Å²) in [5, 5.41) is 3.21. The molecule has 0 saturated heterocycles. The third-order valence-electron chi connectivity index (χ3n) is 2.82. The van der Waals surface area contributed by atoms with Crippen molar-refractivity contribution in [1.82, 2.24) is 0 Å². The van der Waals surface area contributed by atoms with Crippen molar-refractivity contribution >= 4 is 34.8 Å².